The molecule has 0 spiro atoms. The fourth-order valence-electron chi connectivity index (χ4n) is 4.17. The first-order valence-corrected chi connectivity index (χ1v) is 14.1. The van der Waals surface area contributed by atoms with Gasteiger partial charge in [-0.25, -0.2) is 0 Å². The Morgan fingerprint density at radius 2 is 1.71 bits per heavy atom. The van der Waals surface area contributed by atoms with Crippen LogP contribution in [0.1, 0.15) is 34.1 Å². The summed E-state index contributed by atoms with van der Waals surface area (Å²) < 4.78 is 0. The minimum atomic E-state index is -0.398. The van der Waals surface area contributed by atoms with Crippen LogP contribution in [0.25, 0.3) is 0 Å². The van der Waals surface area contributed by atoms with Crippen molar-refractivity contribution in [3.05, 3.63) is 35.0 Å². The van der Waals surface area contributed by atoms with E-state index in [1.54, 1.807) is 16.8 Å². The first-order chi connectivity index (χ1) is 17.9. The van der Waals surface area contributed by atoms with Gasteiger partial charge in [-0.3, -0.25) is 14.4 Å². The minimum Gasteiger partial charge on any atom is -0.392 e. The van der Waals surface area contributed by atoms with Crippen LogP contribution >= 0.6 is 11.8 Å². The predicted octanol–water partition coefficient (Wildman–Crippen LogP) is 2.02. The van der Waals surface area contributed by atoms with Gasteiger partial charge in [0.15, 0.2) is 0 Å². The van der Waals surface area contributed by atoms with Crippen molar-refractivity contribution >= 4 is 40.9 Å². The summed E-state index contributed by atoms with van der Waals surface area (Å²) in [6.07, 6.45) is 0.464. The molecule has 38 heavy (non-hydrogen) atoms. The van der Waals surface area contributed by atoms with Gasteiger partial charge in [0, 0.05) is 76.2 Å². The second kappa shape index (κ2) is 12.9. The highest BCUT2D eigenvalue weighted by Gasteiger charge is 2.39. The second-order valence-electron chi connectivity index (χ2n) is 10.8. The molecule has 4 N–H and O–H groups in total. The molecule has 0 aliphatic carbocycles. The van der Waals surface area contributed by atoms with Crippen molar-refractivity contribution in [3.8, 4) is 0 Å². The van der Waals surface area contributed by atoms with Crippen molar-refractivity contribution < 1.29 is 14.4 Å². The molecular weight excluding hydrogens is 502 g/mol. The zero-order valence-electron chi connectivity index (χ0n) is 23.5. The quantitative estimate of drug-likeness (QED) is 0.404. The van der Waals surface area contributed by atoms with Gasteiger partial charge in [0.1, 0.15) is 16.0 Å². The Balaban J connectivity index is 1.52. The molecular formula is C27H43N7O3S. The molecule has 2 fully saturated rings. The molecule has 3 rings (SSSR count). The van der Waals surface area contributed by atoms with E-state index in [0.717, 1.165) is 44.1 Å². The Bertz CT molecular complexity index is 1030. The third-order valence-electron chi connectivity index (χ3n) is 7.04. The Morgan fingerprint density at radius 1 is 1.11 bits per heavy atom. The molecule has 11 heteroatoms. The fraction of sp³-hybridized carbons (Fsp3) is 0.593. The molecule has 1 aromatic carbocycles. The lowest BCUT2D eigenvalue weighted by Crippen LogP contribution is -2.45. The topological polar surface area (TPSA) is 114 Å². The van der Waals surface area contributed by atoms with Gasteiger partial charge in [-0.15, -0.1) is 0 Å². The van der Waals surface area contributed by atoms with Crippen molar-refractivity contribution in [2.24, 2.45) is 5.73 Å². The molecule has 1 aromatic rings. The van der Waals surface area contributed by atoms with Crippen molar-refractivity contribution in [2.75, 3.05) is 70.5 Å². The van der Waals surface area contributed by atoms with Gasteiger partial charge in [0.05, 0.1) is 0 Å². The average molecular weight is 546 g/mol. The number of carbonyl (C=O) groups excluding carboxylic acids is 3. The van der Waals surface area contributed by atoms with E-state index >= 15 is 0 Å². The summed E-state index contributed by atoms with van der Waals surface area (Å²) in [5.41, 5.74) is 7.54. The summed E-state index contributed by atoms with van der Waals surface area (Å²) in [7, 11) is 3.83. The van der Waals surface area contributed by atoms with Gasteiger partial charge in [-0.1, -0.05) is 11.8 Å². The van der Waals surface area contributed by atoms with E-state index in [9.17, 15) is 14.4 Å². The van der Waals surface area contributed by atoms with Crippen LogP contribution in [0.4, 0.5) is 11.4 Å². The molecule has 0 unspecified atom stereocenters. The van der Waals surface area contributed by atoms with Crippen molar-refractivity contribution in [3.63, 3.8) is 0 Å². The maximum atomic E-state index is 13.0. The normalized spacial score (nSPS) is 20.4. The Labute approximate surface area is 230 Å². The number of anilines is 2. The molecule has 0 saturated carbocycles. The van der Waals surface area contributed by atoms with Crippen LogP contribution in [-0.2, 0) is 14.4 Å². The van der Waals surface area contributed by atoms with Crippen molar-refractivity contribution in [1.29, 1.82) is 0 Å². The van der Waals surface area contributed by atoms with Crippen LogP contribution in [0.2, 0.25) is 0 Å². The Hall–Kier alpha value is -2.76. The SMILES string of the molecule is CCN1C(=O)[C@@H](CNc2ccc(NC(=O)CCN3CCN(C)CC3)cc2)S/C1=C(/N)C(=O)N(C)C(C)(C)C. The molecule has 0 radical (unpaired) electrons. The van der Waals surface area contributed by atoms with E-state index in [4.69, 9.17) is 5.73 Å². The van der Waals surface area contributed by atoms with Gasteiger partial charge in [-0.05, 0) is 59.0 Å². The van der Waals surface area contributed by atoms with E-state index in [-0.39, 0.29) is 29.0 Å². The average Bonchev–Trinajstić information content (AvgIpc) is 3.21. The van der Waals surface area contributed by atoms with E-state index in [1.165, 1.54) is 11.8 Å². The van der Waals surface area contributed by atoms with E-state index in [2.05, 4.69) is 27.5 Å². The third-order valence-corrected chi connectivity index (χ3v) is 8.36. The molecule has 0 aromatic heterocycles. The number of hydrogen-bond acceptors (Lipinski definition) is 8. The largest absolute Gasteiger partial charge is 0.392 e. The smallest absolute Gasteiger partial charge is 0.272 e. The summed E-state index contributed by atoms with van der Waals surface area (Å²) in [5.74, 6) is -0.361. The number of thioether (sulfide) groups is 1. The number of rotatable bonds is 9. The number of hydrogen-bond donors (Lipinski definition) is 3. The number of nitrogens with one attached hydrogen (secondary N) is 2. The Morgan fingerprint density at radius 3 is 2.29 bits per heavy atom. The highest BCUT2D eigenvalue weighted by molar-refractivity contribution is 8.04. The third kappa shape index (κ3) is 7.64. The van der Waals surface area contributed by atoms with Crippen LogP contribution in [0.5, 0.6) is 0 Å². The number of benzene rings is 1. The minimum absolute atomic E-state index is 0.000745. The van der Waals surface area contributed by atoms with Crippen LogP contribution in [-0.4, -0.2) is 108 Å². The highest BCUT2D eigenvalue weighted by Crippen LogP contribution is 2.37. The maximum absolute atomic E-state index is 13.0. The molecule has 10 nitrogen and oxygen atoms in total. The van der Waals surface area contributed by atoms with Gasteiger partial charge in [-0.2, -0.15) is 0 Å². The second-order valence-corrected chi connectivity index (χ2v) is 12.0. The molecule has 3 amide bonds. The van der Waals surface area contributed by atoms with Crippen LogP contribution in [0.3, 0.4) is 0 Å². The van der Waals surface area contributed by atoms with Crippen molar-refractivity contribution in [1.82, 2.24) is 19.6 Å². The fourth-order valence-corrected chi connectivity index (χ4v) is 5.40. The van der Waals surface area contributed by atoms with Gasteiger partial charge in [0.25, 0.3) is 5.91 Å². The first-order valence-electron chi connectivity index (χ1n) is 13.2. The Kier molecular flexibility index (Phi) is 10.1. The number of carbonyl (C=O) groups is 3. The molecule has 2 heterocycles. The summed E-state index contributed by atoms with van der Waals surface area (Å²) in [4.78, 5) is 46.1. The van der Waals surface area contributed by atoms with Crippen molar-refractivity contribution in [2.45, 2.75) is 44.9 Å². The van der Waals surface area contributed by atoms with E-state index in [1.807, 2.05) is 52.0 Å². The number of amides is 3. The molecule has 0 bridgehead atoms. The highest BCUT2D eigenvalue weighted by atomic mass is 32.2. The molecule has 210 valence electrons. The monoisotopic (exact) mass is 545 g/mol. The molecule has 2 aliphatic heterocycles. The molecule has 2 aliphatic rings. The lowest BCUT2D eigenvalue weighted by Gasteiger charge is -2.32. The van der Waals surface area contributed by atoms with Gasteiger partial charge < -0.3 is 36.0 Å². The number of nitrogens with two attached hydrogens (primary N) is 1. The van der Waals surface area contributed by atoms with Gasteiger partial charge >= 0.3 is 0 Å². The predicted molar refractivity (Wildman–Crippen MR) is 155 cm³/mol. The molecule has 1 atom stereocenters. The lowest BCUT2D eigenvalue weighted by molar-refractivity contribution is -0.130. The van der Waals surface area contributed by atoms with Crippen LogP contribution in [0.15, 0.2) is 35.0 Å². The number of piperazine rings is 1. The number of nitrogens with zero attached hydrogens (tertiary/aromatic N) is 4. The summed E-state index contributed by atoms with van der Waals surface area (Å²) in [6, 6.07) is 7.46. The maximum Gasteiger partial charge on any atom is 0.272 e. The van der Waals surface area contributed by atoms with Crippen LogP contribution in [0, 0.1) is 0 Å². The molecule has 2 saturated heterocycles. The number of likely N-dealkylation sites (N-methyl/N-ethyl adjacent to an activating group) is 2. The summed E-state index contributed by atoms with van der Waals surface area (Å²) >= 11 is 1.32. The standard InChI is InChI=1S/C27H43N7O3S/c1-7-34-24(36)21(38-26(34)23(28)25(37)32(6)27(2,3)4)18-29-19-8-10-20(11-9-19)30-22(35)12-13-33-16-14-31(5)15-17-33/h8-11,21,29H,7,12-18,28H2,1-6H3,(H,30,35)/b26-23+/t21-/m1/s1. The zero-order valence-corrected chi connectivity index (χ0v) is 24.4. The van der Waals surface area contributed by atoms with Crippen LogP contribution < -0.4 is 16.4 Å². The summed E-state index contributed by atoms with van der Waals surface area (Å²) in [6.45, 7) is 13.3. The van der Waals surface area contributed by atoms with E-state index < -0.39 is 5.25 Å². The first kappa shape index (κ1) is 29.8. The van der Waals surface area contributed by atoms with Gasteiger partial charge in [0.2, 0.25) is 11.8 Å². The summed E-state index contributed by atoms with van der Waals surface area (Å²) in [5, 5.41) is 6.37. The van der Waals surface area contributed by atoms with E-state index in [0.29, 0.717) is 24.5 Å². The lowest BCUT2D eigenvalue weighted by atomic mass is 10.1. The zero-order chi connectivity index (χ0) is 28.0.